The molecule has 0 aliphatic heterocycles. The summed E-state index contributed by atoms with van der Waals surface area (Å²) in [5.74, 6) is 1.44. The third kappa shape index (κ3) is 8.75. The first-order valence-corrected chi connectivity index (χ1v) is 18.8. The summed E-state index contributed by atoms with van der Waals surface area (Å²) >= 11 is 8.12. The van der Waals surface area contributed by atoms with Crippen LogP contribution in [0.2, 0.25) is 5.02 Å². The molecule has 1 N–H and O–H groups in total. The van der Waals surface area contributed by atoms with Crippen LogP contribution in [-0.2, 0) is 22.9 Å². The molecule has 50 heavy (non-hydrogen) atoms. The van der Waals surface area contributed by atoms with Crippen molar-refractivity contribution in [3.8, 4) is 22.8 Å². The number of fused-ring (bicyclic) bond motifs is 1. The predicted molar refractivity (Wildman–Crippen MR) is 197 cm³/mol. The molecule has 0 aliphatic carbocycles. The largest absolute Gasteiger partial charge is 0.496 e. The third-order valence-electron chi connectivity index (χ3n) is 8.04. The van der Waals surface area contributed by atoms with E-state index in [4.69, 9.17) is 26.1 Å². The maximum Gasteiger partial charge on any atom is 0.179 e. The van der Waals surface area contributed by atoms with Crippen molar-refractivity contribution < 1.29 is 22.3 Å². The number of nitrogens with one attached hydrogen (secondary N) is 1. The van der Waals surface area contributed by atoms with Gasteiger partial charge < -0.3 is 19.7 Å². The molecule has 0 aliphatic rings. The van der Waals surface area contributed by atoms with E-state index in [1.54, 1.807) is 67.0 Å². The zero-order chi connectivity index (χ0) is 35.1. The van der Waals surface area contributed by atoms with Gasteiger partial charge in [0.15, 0.2) is 9.84 Å². The molecule has 4 aromatic carbocycles. The van der Waals surface area contributed by atoms with E-state index in [2.05, 4.69) is 15.3 Å². The molecule has 0 amide bonds. The van der Waals surface area contributed by atoms with Gasteiger partial charge in [0, 0.05) is 41.0 Å². The molecule has 9 nitrogen and oxygen atoms in total. The zero-order valence-corrected chi connectivity index (χ0v) is 29.9. The molecule has 2 heterocycles. The number of hydrogen-bond acceptors (Lipinski definition) is 10. The van der Waals surface area contributed by atoms with Crippen molar-refractivity contribution in [2.75, 3.05) is 38.3 Å². The topological polar surface area (TPSA) is 107 Å². The Kier molecular flexibility index (Phi) is 11.2. The molecule has 0 atom stereocenters. The molecule has 258 valence electrons. The molecule has 0 spiro atoms. The molecule has 0 saturated heterocycles. The summed E-state index contributed by atoms with van der Waals surface area (Å²) in [4.78, 5) is 16.3. The minimum Gasteiger partial charge on any atom is -0.496 e. The molecule has 6 rings (SSSR count). The van der Waals surface area contributed by atoms with Crippen LogP contribution in [0.1, 0.15) is 17.0 Å². The molecule has 0 bridgehead atoms. The molecule has 6 aromatic rings. The molecule has 13 heteroatoms. The Hall–Kier alpha value is -4.62. The average Bonchev–Trinajstić information content (AvgIpc) is 3.59. The van der Waals surface area contributed by atoms with Gasteiger partial charge in [0.05, 0.1) is 39.0 Å². The number of thiazole rings is 1. The molecule has 2 aromatic heterocycles. The summed E-state index contributed by atoms with van der Waals surface area (Å²) in [6.45, 7) is 1.38. The molecule has 0 saturated carbocycles. The second kappa shape index (κ2) is 15.9. The SMILES string of the molecule is COc1cc2ncnc(Nc3ccc(OCc4cccc(F)c4)c(Cl)c3)c2cc1-c1csc(CCCN(C)CCS(=O)(=O)c2ccccc2)n1. The summed E-state index contributed by atoms with van der Waals surface area (Å²) in [5.41, 5.74) is 3.68. The number of aryl methyl sites for hydroxylation is 1. The van der Waals surface area contributed by atoms with Crippen LogP contribution in [0.5, 0.6) is 11.5 Å². The van der Waals surface area contributed by atoms with Crippen molar-refractivity contribution in [2.24, 2.45) is 0 Å². The van der Waals surface area contributed by atoms with Crippen molar-refractivity contribution in [2.45, 2.75) is 24.3 Å². The lowest BCUT2D eigenvalue weighted by Crippen LogP contribution is -2.27. The Morgan fingerprint density at radius 3 is 2.58 bits per heavy atom. The summed E-state index contributed by atoms with van der Waals surface area (Å²) in [6, 6.07) is 23.9. The number of hydrogen-bond donors (Lipinski definition) is 1. The second-order valence-electron chi connectivity index (χ2n) is 11.6. The lowest BCUT2D eigenvalue weighted by molar-refractivity contribution is 0.306. The second-order valence-corrected chi connectivity index (χ2v) is 15.1. The van der Waals surface area contributed by atoms with E-state index >= 15 is 0 Å². The van der Waals surface area contributed by atoms with Gasteiger partial charge in [-0.2, -0.15) is 0 Å². The lowest BCUT2D eigenvalue weighted by Gasteiger charge is -2.16. The number of halogens is 2. The van der Waals surface area contributed by atoms with Crippen molar-refractivity contribution >= 4 is 55.2 Å². The van der Waals surface area contributed by atoms with E-state index in [9.17, 15) is 12.8 Å². The van der Waals surface area contributed by atoms with Gasteiger partial charge in [-0.15, -0.1) is 11.3 Å². The average molecular weight is 732 g/mol. The molecule has 0 fully saturated rings. The van der Waals surface area contributed by atoms with Gasteiger partial charge in [0.25, 0.3) is 0 Å². The number of benzene rings is 4. The minimum absolute atomic E-state index is 0.0714. The quantitative estimate of drug-likeness (QED) is 0.112. The maximum absolute atomic E-state index is 13.5. The van der Waals surface area contributed by atoms with Crippen LogP contribution >= 0.6 is 22.9 Å². The standard InChI is InChI=1S/C37H35ClFN5O4S2/c1-44(16-17-50(45,46)28-10-4-3-5-11-28)15-7-12-36-43-33(23-49-36)29-20-30-32(21-35(29)47-2)40-24-41-37(30)42-27-13-14-34(31(38)19-27)48-22-25-8-6-9-26(39)18-25/h3-6,8-11,13-14,18-21,23-24H,7,12,15-17,22H2,1-2H3,(H,40,41,42). The van der Waals surface area contributed by atoms with Gasteiger partial charge in [0.1, 0.15) is 36.1 Å². The highest BCUT2D eigenvalue weighted by molar-refractivity contribution is 7.91. The first-order chi connectivity index (χ1) is 24.2. The smallest absolute Gasteiger partial charge is 0.179 e. The normalized spacial score (nSPS) is 11.6. The maximum atomic E-state index is 13.5. The summed E-state index contributed by atoms with van der Waals surface area (Å²) < 4.78 is 50.4. The van der Waals surface area contributed by atoms with E-state index in [0.717, 1.165) is 41.0 Å². The van der Waals surface area contributed by atoms with E-state index in [-0.39, 0.29) is 18.2 Å². The van der Waals surface area contributed by atoms with Crippen LogP contribution in [0.15, 0.2) is 102 Å². The number of aromatic nitrogens is 3. The van der Waals surface area contributed by atoms with Crippen LogP contribution < -0.4 is 14.8 Å². The van der Waals surface area contributed by atoms with Crippen molar-refractivity contribution in [3.63, 3.8) is 0 Å². The Labute approximate surface area is 299 Å². The van der Waals surface area contributed by atoms with E-state index in [1.807, 2.05) is 41.6 Å². The fraction of sp³-hybridized carbons (Fsp3) is 0.216. The van der Waals surface area contributed by atoms with Crippen LogP contribution in [0.3, 0.4) is 0 Å². The Morgan fingerprint density at radius 1 is 0.960 bits per heavy atom. The lowest BCUT2D eigenvalue weighted by atomic mass is 10.1. The van der Waals surface area contributed by atoms with Crippen molar-refractivity contribution in [1.82, 2.24) is 19.9 Å². The first-order valence-electron chi connectivity index (χ1n) is 15.9. The van der Waals surface area contributed by atoms with Gasteiger partial charge in [-0.3, -0.25) is 0 Å². The Balaban J connectivity index is 1.11. The first kappa shape index (κ1) is 35.2. The van der Waals surface area contributed by atoms with Crippen LogP contribution in [0.4, 0.5) is 15.9 Å². The summed E-state index contributed by atoms with van der Waals surface area (Å²) in [7, 11) is 0.237. The number of anilines is 2. The third-order valence-corrected chi connectivity index (χ3v) is 11.0. The Bertz CT molecular complexity index is 2200. The number of methoxy groups -OCH3 is 1. The van der Waals surface area contributed by atoms with Crippen LogP contribution in [-0.4, -0.2) is 61.3 Å². The van der Waals surface area contributed by atoms with E-state index < -0.39 is 9.84 Å². The molecular weight excluding hydrogens is 697 g/mol. The van der Waals surface area contributed by atoms with Gasteiger partial charge in [0.2, 0.25) is 0 Å². The van der Waals surface area contributed by atoms with E-state index in [0.29, 0.717) is 50.5 Å². The highest BCUT2D eigenvalue weighted by Crippen LogP contribution is 2.37. The van der Waals surface area contributed by atoms with Gasteiger partial charge in [-0.1, -0.05) is 41.9 Å². The predicted octanol–water partition coefficient (Wildman–Crippen LogP) is 8.22. The van der Waals surface area contributed by atoms with Gasteiger partial charge in [-0.05, 0) is 74.1 Å². The molecule has 0 radical (unpaired) electrons. The number of nitrogens with zero attached hydrogens (tertiary/aromatic N) is 4. The fourth-order valence-corrected chi connectivity index (χ4v) is 7.79. The van der Waals surface area contributed by atoms with Crippen molar-refractivity contribution in [1.29, 1.82) is 0 Å². The number of sulfone groups is 1. The zero-order valence-electron chi connectivity index (χ0n) is 27.5. The van der Waals surface area contributed by atoms with Gasteiger partial charge in [-0.25, -0.2) is 27.8 Å². The highest BCUT2D eigenvalue weighted by atomic mass is 35.5. The highest BCUT2D eigenvalue weighted by Gasteiger charge is 2.17. The molecule has 0 unspecified atom stereocenters. The molecular formula is C37H35ClFN5O4S2. The van der Waals surface area contributed by atoms with Crippen LogP contribution in [0.25, 0.3) is 22.2 Å². The fourth-order valence-electron chi connectivity index (χ4n) is 5.36. The summed E-state index contributed by atoms with van der Waals surface area (Å²) in [5, 5.41) is 7.49. The summed E-state index contributed by atoms with van der Waals surface area (Å²) in [6.07, 6.45) is 3.08. The number of rotatable bonds is 15. The monoisotopic (exact) mass is 731 g/mol. The Morgan fingerprint density at radius 2 is 1.80 bits per heavy atom. The minimum atomic E-state index is -3.32. The van der Waals surface area contributed by atoms with E-state index in [1.165, 1.54) is 18.5 Å². The van der Waals surface area contributed by atoms with Crippen molar-refractivity contribution in [3.05, 3.63) is 118 Å². The van der Waals surface area contributed by atoms with Gasteiger partial charge >= 0.3 is 0 Å². The van der Waals surface area contributed by atoms with Crippen LogP contribution in [0, 0.1) is 5.82 Å². The number of ether oxygens (including phenoxy) is 2.